The molecule has 2 aromatic carbocycles. The Morgan fingerprint density at radius 2 is 1.83 bits per heavy atom. The number of amides is 1. The zero-order valence-corrected chi connectivity index (χ0v) is 15.8. The van der Waals surface area contributed by atoms with E-state index in [4.69, 9.17) is 4.74 Å². The van der Waals surface area contributed by atoms with E-state index in [1.165, 1.54) is 24.3 Å². The largest absolute Gasteiger partial charge is 0.413 e. The van der Waals surface area contributed by atoms with Gasteiger partial charge in [0, 0.05) is 24.8 Å². The molecule has 1 aliphatic rings. The van der Waals surface area contributed by atoms with Crippen molar-refractivity contribution in [1.29, 1.82) is 0 Å². The summed E-state index contributed by atoms with van der Waals surface area (Å²) >= 11 is 0. The first kappa shape index (κ1) is 19.3. The van der Waals surface area contributed by atoms with Gasteiger partial charge in [0.05, 0.1) is 11.0 Å². The van der Waals surface area contributed by atoms with Gasteiger partial charge in [0.25, 0.3) is 5.69 Å². The standard InChI is InChI=1S/C21H19N5O4/c27-21(30-17-11-9-16(10-12-17)26(28)29)23-19-14-18(15-6-2-1-3-7-15)25(24-19)20-8-4-5-13-22-20/h1-13,18-19,24H,14H2,(H,23,27). The number of aromatic nitrogens is 1. The molecule has 1 amide bonds. The molecule has 1 aliphatic heterocycles. The molecule has 0 spiro atoms. The van der Waals surface area contributed by atoms with Crippen LogP contribution in [0.4, 0.5) is 16.3 Å². The summed E-state index contributed by atoms with van der Waals surface area (Å²) in [4.78, 5) is 27.0. The number of hydrazine groups is 1. The summed E-state index contributed by atoms with van der Waals surface area (Å²) in [5.41, 5.74) is 4.28. The highest BCUT2D eigenvalue weighted by Gasteiger charge is 2.34. The number of nitro benzene ring substituents is 1. The van der Waals surface area contributed by atoms with Crippen LogP contribution in [-0.2, 0) is 0 Å². The molecule has 2 unspecified atom stereocenters. The monoisotopic (exact) mass is 405 g/mol. The second-order valence-electron chi connectivity index (χ2n) is 6.69. The first-order valence-electron chi connectivity index (χ1n) is 9.34. The fourth-order valence-electron chi connectivity index (χ4n) is 3.33. The molecule has 1 saturated heterocycles. The van der Waals surface area contributed by atoms with Gasteiger partial charge in [0.1, 0.15) is 17.7 Å². The highest BCUT2D eigenvalue weighted by atomic mass is 16.6. The molecule has 0 aliphatic carbocycles. The van der Waals surface area contributed by atoms with Gasteiger partial charge in [-0.1, -0.05) is 36.4 Å². The zero-order valence-electron chi connectivity index (χ0n) is 15.8. The van der Waals surface area contributed by atoms with Crippen molar-refractivity contribution >= 4 is 17.6 Å². The second-order valence-corrected chi connectivity index (χ2v) is 6.69. The normalized spacial score (nSPS) is 18.1. The molecule has 2 atom stereocenters. The molecular formula is C21H19N5O4. The number of hydrogen-bond donors (Lipinski definition) is 2. The zero-order chi connectivity index (χ0) is 20.9. The summed E-state index contributed by atoms with van der Waals surface area (Å²) in [5, 5.41) is 15.4. The molecular weight excluding hydrogens is 386 g/mol. The van der Waals surface area contributed by atoms with E-state index < -0.39 is 11.0 Å². The van der Waals surface area contributed by atoms with Gasteiger partial charge in [-0.05, 0) is 29.8 Å². The Bertz CT molecular complexity index is 967. The fourth-order valence-corrected chi connectivity index (χ4v) is 3.33. The second kappa shape index (κ2) is 8.58. The van der Waals surface area contributed by atoms with Crippen LogP contribution in [0.25, 0.3) is 0 Å². The van der Waals surface area contributed by atoms with E-state index in [9.17, 15) is 14.9 Å². The minimum Gasteiger partial charge on any atom is -0.410 e. The van der Waals surface area contributed by atoms with Crippen molar-refractivity contribution in [2.75, 3.05) is 5.01 Å². The number of nitro groups is 1. The van der Waals surface area contributed by atoms with Gasteiger partial charge in [0.15, 0.2) is 0 Å². The molecule has 2 N–H and O–H groups in total. The number of nitrogens with one attached hydrogen (secondary N) is 2. The van der Waals surface area contributed by atoms with Gasteiger partial charge in [-0.25, -0.2) is 15.2 Å². The van der Waals surface area contributed by atoms with Crippen LogP contribution in [0, 0.1) is 10.1 Å². The average Bonchev–Trinajstić information content (AvgIpc) is 3.19. The van der Waals surface area contributed by atoms with Crippen molar-refractivity contribution in [2.45, 2.75) is 18.6 Å². The van der Waals surface area contributed by atoms with Gasteiger partial charge in [-0.3, -0.25) is 15.1 Å². The molecule has 9 nitrogen and oxygen atoms in total. The molecule has 2 heterocycles. The SMILES string of the molecule is O=C(NC1CC(c2ccccc2)N(c2ccccn2)N1)Oc1ccc([N+](=O)[O-])cc1. The van der Waals surface area contributed by atoms with Crippen LogP contribution in [0.2, 0.25) is 0 Å². The topological polar surface area (TPSA) is 110 Å². The Kier molecular flexibility index (Phi) is 5.53. The van der Waals surface area contributed by atoms with Crippen molar-refractivity contribution in [3.05, 3.63) is 94.7 Å². The number of pyridine rings is 1. The maximum absolute atomic E-state index is 12.3. The summed E-state index contributed by atoms with van der Waals surface area (Å²) < 4.78 is 5.25. The van der Waals surface area contributed by atoms with Gasteiger partial charge < -0.3 is 10.1 Å². The highest BCUT2D eigenvalue weighted by Crippen LogP contribution is 2.32. The number of nitrogens with zero attached hydrogens (tertiary/aromatic N) is 3. The molecule has 3 aromatic rings. The quantitative estimate of drug-likeness (QED) is 0.493. The minimum atomic E-state index is -0.656. The van der Waals surface area contributed by atoms with Crippen LogP contribution in [-0.4, -0.2) is 22.2 Å². The number of carbonyl (C=O) groups excluding carboxylic acids is 1. The molecule has 0 radical (unpaired) electrons. The van der Waals surface area contributed by atoms with E-state index in [-0.39, 0.29) is 23.6 Å². The van der Waals surface area contributed by atoms with Gasteiger partial charge in [-0.15, -0.1) is 0 Å². The lowest BCUT2D eigenvalue weighted by Gasteiger charge is -2.25. The van der Waals surface area contributed by atoms with Crippen LogP contribution in [0.15, 0.2) is 79.0 Å². The molecule has 30 heavy (non-hydrogen) atoms. The van der Waals surface area contributed by atoms with E-state index in [1.807, 2.05) is 53.5 Å². The van der Waals surface area contributed by atoms with Crippen LogP contribution in [0.5, 0.6) is 5.75 Å². The number of rotatable bonds is 5. The number of anilines is 1. The Balaban J connectivity index is 1.45. The predicted octanol–water partition coefficient (Wildman–Crippen LogP) is 3.56. The van der Waals surface area contributed by atoms with Crippen LogP contribution < -0.4 is 20.5 Å². The fraction of sp³-hybridized carbons (Fsp3) is 0.143. The number of ether oxygens (including phenoxy) is 1. The third-order valence-corrected chi connectivity index (χ3v) is 4.70. The molecule has 152 valence electrons. The number of benzene rings is 2. The Hall–Kier alpha value is -3.98. The van der Waals surface area contributed by atoms with E-state index in [2.05, 4.69) is 15.7 Å². The average molecular weight is 405 g/mol. The van der Waals surface area contributed by atoms with Gasteiger partial charge >= 0.3 is 6.09 Å². The Labute approximate surface area is 172 Å². The maximum Gasteiger partial charge on any atom is 0.413 e. The molecule has 1 fully saturated rings. The number of non-ortho nitro benzene ring substituents is 1. The van der Waals surface area contributed by atoms with E-state index in [0.717, 1.165) is 11.4 Å². The van der Waals surface area contributed by atoms with Crippen molar-refractivity contribution in [1.82, 2.24) is 15.7 Å². The number of carbonyl (C=O) groups is 1. The molecule has 0 bridgehead atoms. The summed E-state index contributed by atoms with van der Waals surface area (Å²) in [6, 6.07) is 20.9. The van der Waals surface area contributed by atoms with Crippen molar-refractivity contribution in [3.8, 4) is 5.75 Å². The predicted molar refractivity (Wildman–Crippen MR) is 110 cm³/mol. The van der Waals surface area contributed by atoms with Crippen molar-refractivity contribution in [3.63, 3.8) is 0 Å². The lowest BCUT2D eigenvalue weighted by Crippen LogP contribution is -2.47. The van der Waals surface area contributed by atoms with Crippen LogP contribution >= 0.6 is 0 Å². The Morgan fingerprint density at radius 3 is 2.50 bits per heavy atom. The molecule has 0 saturated carbocycles. The van der Waals surface area contributed by atoms with Gasteiger partial charge in [-0.2, -0.15) is 0 Å². The van der Waals surface area contributed by atoms with Crippen molar-refractivity contribution < 1.29 is 14.5 Å². The molecule has 4 rings (SSSR count). The third-order valence-electron chi connectivity index (χ3n) is 4.70. The van der Waals surface area contributed by atoms with E-state index in [0.29, 0.717) is 6.42 Å². The number of hydrogen-bond acceptors (Lipinski definition) is 7. The first-order chi connectivity index (χ1) is 14.6. The lowest BCUT2D eigenvalue weighted by atomic mass is 10.0. The first-order valence-corrected chi connectivity index (χ1v) is 9.34. The van der Waals surface area contributed by atoms with E-state index in [1.54, 1.807) is 6.20 Å². The summed E-state index contributed by atoms with van der Waals surface area (Å²) in [7, 11) is 0. The van der Waals surface area contributed by atoms with Crippen molar-refractivity contribution in [2.24, 2.45) is 0 Å². The highest BCUT2D eigenvalue weighted by molar-refractivity contribution is 5.71. The molecule has 1 aromatic heterocycles. The molecule has 9 heteroatoms. The lowest BCUT2D eigenvalue weighted by molar-refractivity contribution is -0.384. The summed E-state index contributed by atoms with van der Waals surface area (Å²) in [6.45, 7) is 0. The minimum absolute atomic E-state index is 0.0363. The Morgan fingerprint density at radius 1 is 1.10 bits per heavy atom. The van der Waals surface area contributed by atoms with Crippen LogP contribution in [0.3, 0.4) is 0 Å². The van der Waals surface area contributed by atoms with Gasteiger partial charge in [0.2, 0.25) is 0 Å². The third kappa shape index (κ3) is 4.36. The summed E-state index contributed by atoms with van der Waals surface area (Å²) in [5.74, 6) is 0.955. The smallest absolute Gasteiger partial charge is 0.410 e. The maximum atomic E-state index is 12.3. The van der Waals surface area contributed by atoms with Crippen LogP contribution in [0.1, 0.15) is 18.0 Å². The summed E-state index contributed by atoms with van der Waals surface area (Å²) in [6.07, 6.45) is 1.26. The van der Waals surface area contributed by atoms with E-state index >= 15 is 0 Å².